The molecule has 0 spiro atoms. The minimum absolute atomic E-state index is 0.0543. The number of benzene rings is 2. The van der Waals surface area contributed by atoms with E-state index in [2.05, 4.69) is 6.07 Å². The van der Waals surface area contributed by atoms with E-state index in [9.17, 15) is 8.42 Å². The van der Waals surface area contributed by atoms with Crippen LogP contribution in [-0.2, 0) is 14.3 Å². The molecule has 0 N–H and O–H groups in total. The lowest BCUT2D eigenvalue weighted by molar-refractivity contribution is 0.192. The van der Waals surface area contributed by atoms with Crippen molar-refractivity contribution in [2.24, 2.45) is 0 Å². The second-order valence-corrected chi connectivity index (χ2v) is 7.92. The van der Waals surface area contributed by atoms with Crippen molar-refractivity contribution in [1.82, 2.24) is 0 Å². The lowest BCUT2D eigenvalue weighted by Gasteiger charge is -2.24. The highest BCUT2D eigenvalue weighted by atomic mass is 35.5. The van der Waals surface area contributed by atoms with E-state index in [1.807, 2.05) is 18.2 Å². The first-order valence-corrected chi connectivity index (χ1v) is 9.13. The molecule has 0 amide bonds. The molecule has 22 heavy (non-hydrogen) atoms. The lowest BCUT2D eigenvalue weighted by atomic mass is 9.90. The van der Waals surface area contributed by atoms with Crippen LogP contribution in [0.5, 0.6) is 0 Å². The van der Waals surface area contributed by atoms with Crippen LogP contribution in [0, 0.1) is 0 Å². The molecular weight excluding hydrogens is 320 g/mol. The summed E-state index contributed by atoms with van der Waals surface area (Å²) in [5.41, 5.74) is 2.37. The highest BCUT2D eigenvalue weighted by Gasteiger charge is 2.52. The molecule has 2 bridgehead atoms. The lowest BCUT2D eigenvalue weighted by Crippen LogP contribution is -2.24. The van der Waals surface area contributed by atoms with E-state index >= 15 is 0 Å². The van der Waals surface area contributed by atoms with Crippen molar-refractivity contribution in [3.05, 3.63) is 65.7 Å². The molecule has 0 aromatic heterocycles. The molecule has 1 saturated carbocycles. The van der Waals surface area contributed by atoms with Gasteiger partial charge < -0.3 is 0 Å². The summed E-state index contributed by atoms with van der Waals surface area (Å²) in [4.78, 5) is 0.192. The second-order valence-electron chi connectivity index (χ2n) is 5.84. The summed E-state index contributed by atoms with van der Waals surface area (Å²) in [6.45, 7) is 0. The molecule has 1 fully saturated rings. The van der Waals surface area contributed by atoms with Crippen molar-refractivity contribution in [2.45, 2.75) is 34.6 Å². The Morgan fingerprint density at radius 3 is 2.32 bits per heavy atom. The zero-order valence-electron chi connectivity index (χ0n) is 11.7. The Kier molecular flexibility index (Phi) is 3.29. The molecule has 0 saturated heterocycles. The van der Waals surface area contributed by atoms with Crippen molar-refractivity contribution in [3.63, 3.8) is 0 Å². The zero-order chi connectivity index (χ0) is 15.3. The summed E-state index contributed by atoms with van der Waals surface area (Å²) < 4.78 is 30.4. The van der Waals surface area contributed by atoms with E-state index in [0.717, 1.165) is 5.56 Å². The monoisotopic (exact) mass is 334 g/mol. The van der Waals surface area contributed by atoms with Gasteiger partial charge >= 0.3 is 0 Å². The van der Waals surface area contributed by atoms with E-state index in [4.69, 9.17) is 15.8 Å². The zero-order valence-corrected chi connectivity index (χ0v) is 13.3. The van der Waals surface area contributed by atoms with Gasteiger partial charge in [0.05, 0.1) is 11.0 Å². The molecule has 0 aliphatic heterocycles. The van der Waals surface area contributed by atoms with Gasteiger partial charge in [-0.25, -0.2) is 0 Å². The summed E-state index contributed by atoms with van der Waals surface area (Å²) in [5.74, 6) is 0.125. The van der Waals surface area contributed by atoms with E-state index in [1.54, 1.807) is 30.3 Å². The summed E-state index contributed by atoms with van der Waals surface area (Å²) >= 11 is 6.54. The Morgan fingerprint density at radius 1 is 0.955 bits per heavy atom. The fourth-order valence-electron chi connectivity index (χ4n) is 3.71. The van der Waals surface area contributed by atoms with Crippen LogP contribution < -0.4 is 0 Å². The molecule has 0 heterocycles. The Morgan fingerprint density at radius 2 is 1.59 bits per heavy atom. The minimum atomic E-state index is -3.75. The Bertz CT molecular complexity index is 804. The van der Waals surface area contributed by atoms with Crippen LogP contribution in [0.25, 0.3) is 0 Å². The summed E-state index contributed by atoms with van der Waals surface area (Å²) in [7, 11) is -3.75. The normalized spacial score (nSPS) is 29.5. The van der Waals surface area contributed by atoms with Crippen LogP contribution in [0.15, 0.2) is 59.5 Å². The standard InChI is InChI=1S/C17H15ClO3S/c18-17-14-10-15(16(17)13-9-5-4-8-12(13)14)21-22(19,20)11-6-2-1-3-7-11/h1-9,14-17H,10H2. The number of hydrogen-bond acceptors (Lipinski definition) is 3. The molecule has 3 nitrogen and oxygen atoms in total. The molecule has 2 aromatic rings. The Balaban J connectivity index is 1.65. The molecule has 4 unspecified atom stereocenters. The SMILES string of the molecule is O=S(=O)(OC1CC2c3ccccc3C1C2Cl)c1ccccc1. The third-order valence-corrected chi connectivity index (χ3v) is 6.58. The summed E-state index contributed by atoms with van der Waals surface area (Å²) in [6.07, 6.45) is 0.273. The first-order chi connectivity index (χ1) is 10.6. The molecule has 2 aliphatic carbocycles. The maximum Gasteiger partial charge on any atom is 0.297 e. The van der Waals surface area contributed by atoms with E-state index in [1.165, 1.54) is 5.56 Å². The van der Waals surface area contributed by atoms with Crippen molar-refractivity contribution in [1.29, 1.82) is 0 Å². The quantitative estimate of drug-likeness (QED) is 0.635. The third-order valence-electron chi connectivity index (χ3n) is 4.65. The third kappa shape index (κ3) is 2.09. The molecule has 2 aromatic carbocycles. The van der Waals surface area contributed by atoms with Crippen LogP contribution in [0.1, 0.15) is 29.4 Å². The number of halogens is 1. The molecule has 5 heteroatoms. The van der Waals surface area contributed by atoms with Gasteiger partial charge in [-0.2, -0.15) is 8.42 Å². The van der Waals surface area contributed by atoms with Gasteiger partial charge in [-0.15, -0.1) is 11.6 Å². The predicted molar refractivity (Wildman–Crippen MR) is 84.7 cm³/mol. The average molecular weight is 335 g/mol. The van der Waals surface area contributed by atoms with Gasteiger partial charge in [0, 0.05) is 17.2 Å². The molecule has 2 aliphatic rings. The van der Waals surface area contributed by atoms with Gasteiger partial charge in [-0.05, 0) is 29.7 Å². The summed E-state index contributed by atoms with van der Waals surface area (Å²) in [6, 6.07) is 16.3. The first-order valence-electron chi connectivity index (χ1n) is 7.29. The maximum atomic E-state index is 12.4. The fraction of sp³-hybridized carbons (Fsp3) is 0.294. The number of alkyl halides is 1. The molecule has 4 rings (SSSR count). The van der Waals surface area contributed by atoms with Crippen LogP contribution >= 0.6 is 11.6 Å². The smallest absolute Gasteiger partial charge is 0.262 e. The van der Waals surface area contributed by atoms with E-state index < -0.39 is 10.1 Å². The van der Waals surface area contributed by atoms with Gasteiger partial charge in [-0.3, -0.25) is 4.18 Å². The van der Waals surface area contributed by atoms with Crippen molar-refractivity contribution >= 4 is 21.7 Å². The number of hydrogen-bond donors (Lipinski definition) is 0. The van der Waals surface area contributed by atoms with Crippen molar-refractivity contribution in [3.8, 4) is 0 Å². The second kappa shape index (κ2) is 5.08. The number of fused-ring (bicyclic) bond motifs is 5. The highest BCUT2D eigenvalue weighted by Crippen LogP contribution is 2.56. The van der Waals surface area contributed by atoms with Gasteiger partial charge in [0.1, 0.15) is 0 Å². The van der Waals surface area contributed by atoms with Crippen LogP contribution in [0.2, 0.25) is 0 Å². The van der Waals surface area contributed by atoms with Gasteiger partial charge in [0.25, 0.3) is 10.1 Å². The van der Waals surface area contributed by atoms with E-state index in [0.29, 0.717) is 6.42 Å². The van der Waals surface area contributed by atoms with Crippen LogP contribution in [-0.4, -0.2) is 19.9 Å². The highest BCUT2D eigenvalue weighted by molar-refractivity contribution is 7.86. The molecule has 114 valence electrons. The van der Waals surface area contributed by atoms with E-state index in [-0.39, 0.29) is 28.2 Å². The first kappa shape index (κ1) is 14.2. The fourth-order valence-corrected chi connectivity index (χ4v) is 5.37. The maximum absolute atomic E-state index is 12.4. The largest absolute Gasteiger partial charge is 0.297 e. The Labute approximate surface area is 135 Å². The van der Waals surface area contributed by atoms with Crippen molar-refractivity contribution < 1.29 is 12.6 Å². The molecular formula is C17H15ClO3S. The van der Waals surface area contributed by atoms with Crippen LogP contribution in [0.3, 0.4) is 0 Å². The average Bonchev–Trinajstić information content (AvgIpc) is 2.98. The Hall–Kier alpha value is -1.36. The predicted octanol–water partition coefficient (Wildman–Crippen LogP) is 3.65. The van der Waals surface area contributed by atoms with Crippen LogP contribution in [0.4, 0.5) is 0 Å². The van der Waals surface area contributed by atoms with Gasteiger partial charge in [-0.1, -0.05) is 42.5 Å². The van der Waals surface area contributed by atoms with Crippen molar-refractivity contribution in [2.75, 3.05) is 0 Å². The molecule has 4 atom stereocenters. The molecule has 0 radical (unpaired) electrons. The number of rotatable bonds is 3. The van der Waals surface area contributed by atoms with Gasteiger partial charge in [0.2, 0.25) is 0 Å². The minimum Gasteiger partial charge on any atom is -0.262 e. The summed E-state index contributed by atoms with van der Waals surface area (Å²) in [5, 5.41) is -0.0895. The topological polar surface area (TPSA) is 43.4 Å². The van der Waals surface area contributed by atoms with Gasteiger partial charge in [0.15, 0.2) is 0 Å².